The van der Waals surface area contributed by atoms with Gasteiger partial charge in [-0.1, -0.05) is 51.5 Å². The molecule has 5 rings (SSSR count). The van der Waals surface area contributed by atoms with Gasteiger partial charge in [-0.05, 0) is 62.1 Å². The van der Waals surface area contributed by atoms with Crippen LogP contribution in [0.3, 0.4) is 0 Å². The average molecular weight is 596 g/mol. The summed E-state index contributed by atoms with van der Waals surface area (Å²) in [6.07, 6.45) is 3.73. The van der Waals surface area contributed by atoms with E-state index in [0.717, 1.165) is 20.5 Å². The van der Waals surface area contributed by atoms with Gasteiger partial charge in [0.05, 0.1) is 28.5 Å². The Morgan fingerprint density at radius 3 is 2.57 bits per heavy atom. The number of furan rings is 1. The van der Waals surface area contributed by atoms with E-state index in [2.05, 4.69) is 20.9 Å². The summed E-state index contributed by atoms with van der Waals surface area (Å²) >= 11 is 6.34. The van der Waals surface area contributed by atoms with Crippen molar-refractivity contribution in [3.8, 4) is 11.3 Å². The fourth-order valence-electron chi connectivity index (χ4n) is 4.22. The number of hydrogen-bond donors (Lipinski definition) is 0. The third-order valence-corrected chi connectivity index (χ3v) is 8.23. The van der Waals surface area contributed by atoms with Gasteiger partial charge in [-0.25, -0.2) is 9.79 Å². The minimum absolute atomic E-state index is 0.233. The van der Waals surface area contributed by atoms with Crippen LogP contribution in [0.15, 0.2) is 95.5 Å². The van der Waals surface area contributed by atoms with E-state index < -0.39 is 12.0 Å². The lowest BCUT2D eigenvalue weighted by Gasteiger charge is -2.24. The molecule has 2 aromatic carbocycles. The number of carbonyl (C=O) groups excluding carboxylic acids is 1. The Morgan fingerprint density at radius 2 is 1.89 bits per heavy atom. The van der Waals surface area contributed by atoms with Gasteiger partial charge in [0.2, 0.25) is 0 Å². The van der Waals surface area contributed by atoms with Crippen molar-refractivity contribution in [1.82, 2.24) is 4.57 Å². The highest BCUT2D eigenvalue weighted by atomic mass is 79.9. The van der Waals surface area contributed by atoms with Gasteiger partial charge in [0.15, 0.2) is 4.80 Å². The van der Waals surface area contributed by atoms with Gasteiger partial charge in [0.25, 0.3) is 5.56 Å². The Labute approximate surface area is 230 Å². The van der Waals surface area contributed by atoms with Gasteiger partial charge < -0.3 is 9.15 Å². The molecule has 1 atom stereocenters. The van der Waals surface area contributed by atoms with E-state index in [1.54, 1.807) is 36.3 Å². The fraction of sp³-hybridized carbons (Fsp3) is 0.179. The summed E-state index contributed by atoms with van der Waals surface area (Å²) in [4.78, 5) is 33.0. The van der Waals surface area contributed by atoms with E-state index in [0.29, 0.717) is 32.1 Å². The van der Waals surface area contributed by atoms with E-state index in [4.69, 9.17) is 9.15 Å². The zero-order chi connectivity index (χ0) is 26.1. The molecule has 0 spiro atoms. The van der Waals surface area contributed by atoms with Crippen LogP contribution in [0.1, 0.15) is 31.2 Å². The lowest BCUT2D eigenvalue weighted by Crippen LogP contribution is -2.39. The minimum Gasteiger partial charge on any atom is -0.463 e. The summed E-state index contributed by atoms with van der Waals surface area (Å²) in [5, 5.41) is 0. The molecule has 9 heteroatoms. The van der Waals surface area contributed by atoms with Crippen LogP contribution >= 0.6 is 39.0 Å². The molecule has 0 saturated heterocycles. The second-order valence-corrected chi connectivity index (χ2v) is 11.1. The normalized spacial score (nSPS) is 15.5. The SMILES string of the molecule is CCOC(=O)C1=C(C)N=c2s/c(=C\c3ccc(-c4ccc(Br)cc4)o3)c(=O)n2[C@H]1c1ccc(SC)cc1. The van der Waals surface area contributed by atoms with Crippen LogP contribution < -0.4 is 14.9 Å². The molecule has 0 saturated carbocycles. The molecule has 188 valence electrons. The number of aromatic nitrogens is 1. The van der Waals surface area contributed by atoms with Crippen molar-refractivity contribution in [2.75, 3.05) is 12.9 Å². The number of rotatable bonds is 6. The molecule has 4 aromatic rings. The van der Waals surface area contributed by atoms with Gasteiger partial charge in [-0.2, -0.15) is 0 Å². The Bertz CT molecular complexity index is 1680. The first-order chi connectivity index (χ1) is 17.9. The number of halogens is 1. The molecule has 3 heterocycles. The first kappa shape index (κ1) is 25.5. The van der Waals surface area contributed by atoms with E-state index in [1.165, 1.54) is 11.3 Å². The largest absolute Gasteiger partial charge is 0.463 e. The maximum atomic E-state index is 13.7. The maximum Gasteiger partial charge on any atom is 0.338 e. The van der Waals surface area contributed by atoms with Crippen LogP contribution in [0.2, 0.25) is 0 Å². The van der Waals surface area contributed by atoms with Gasteiger partial charge >= 0.3 is 5.97 Å². The Kier molecular flexibility index (Phi) is 7.37. The first-order valence-corrected chi connectivity index (χ1v) is 14.4. The van der Waals surface area contributed by atoms with Crippen LogP contribution in [0.25, 0.3) is 17.4 Å². The lowest BCUT2D eigenvalue weighted by molar-refractivity contribution is -0.139. The molecule has 0 fully saturated rings. The highest BCUT2D eigenvalue weighted by Crippen LogP contribution is 2.32. The molecule has 37 heavy (non-hydrogen) atoms. The van der Waals surface area contributed by atoms with Gasteiger partial charge in [0, 0.05) is 21.0 Å². The van der Waals surface area contributed by atoms with Crippen LogP contribution in [0.4, 0.5) is 0 Å². The quantitative estimate of drug-likeness (QED) is 0.216. The molecular weight excluding hydrogens is 572 g/mol. The molecule has 0 N–H and O–H groups in total. The molecule has 1 aliphatic heterocycles. The van der Waals surface area contributed by atoms with Crippen LogP contribution in [0, 0.1) is 0 Å². The highest BCUT2D eigenvalue weighted by Gasteiger charge is 2.33. The van der Waals surface area contributed by atoms with E-state index in [9.17, 15) is 9.59 Å². The van der Waals surface area contributed by atoms with Crippen molar-refractivity contribution >= 4 is 51.1 Å². The first-order valence-electron chi connectivity index (χ1n) is 11.6. The fourth-order valence-corrected chi connectivity index (χ4v) is 5.92. The topological polar surface area (TPSA) is 73.8 Å². The molecule has 6 nitrogen and oxygen atoms in total. The summed E-state index contributed by atoms with van der Waals surface area (Å²) < 4.78 is 14.4. The molecule has 2 aromatic heterocycles. The van der Waals surface area contributed by atoms with Gasteiger partial charge in [-0.3, -0.25) is 9.36 Å². The number of allylic oxidation sites excluding steroid dienone is 1. The van der Waals surface area contributed by atoms with Gasteiger partial charge in [-0.15, -0.1) is 11.8 Å². The molecule has 0 radical (unpaired) electrons. The van der Waals surface area contributed by atoms with Crippen molar-refractivity contribution in [2.24, 2.45) is 4.99 Å². The number of fused-ring (bicyclic) bond motifs is 1. The number of hydrogen-bond acceptors (Lipinski definition) is 7. The van der Waals surface area contributed by atoms with Crippen molar-refractivity contribution in [3.05, 3.63) is 107 Å². The molecule has 1 aliphatic rings. The number of ether oxygens (including phenoxy) is 1. The molecular formula is C28H23BrN2O4S2. The van der Waals surface area contributed by atoms with E-state index >= 15 is 0 Å². The van der Waals surface area contributed by atoms with Crippen molar-refractivity contribution in [3.63, 3.8) is 0 Å². The van der Waals surface area contributed by atoms with Crippen LogP contribution in [-0.2, 0) is 9.53 Å². The maximum absolute atomic E-state index is 13.7. The molecule has 0 bridgehead atoms. The highest BCUT2D eigenvalue weighted by molar-refractivity contribution is 9.10. The van der Waals surface area contributed by atoms with E-state index in [1.807, 2.05) is 66.9 Å². The van der Waals surface area contributed by atoms with Crippen LogP contribution in [0.5, 0.6) is 0 Å². The molecule has 0 aliphatic carbocycles. The number of thioether (sulfide) groups is 1. The number of benzene rings is 2. The summed E-state index contributed by atoms with van der Waals surface area (Å²) in [6, 6.07) is 18.8. The molecule has 0 amide bonds. The Hall–Kier alpha value is -3.14. The summed E-state index contributed by atoms with van der Waals surface area (Å²) in [5.74, 6) is 0.797. The zero-order valence-electron chi connectivity index (χ0n) is 20.4. The Morgan fingerprint density at radius 1 is 1.16 bits per heavy atom. The van der Waals surface area contributed by atoms with Gasteiger partial charge in [0.1, 0.15) is 11.5 Å². The predicted molar refractivity (Wildman–Crippen MR) is 150 cm³/mol. The summed E-state index contributed by atoms with van der Waals surface area (Å²) in [6.45, 7) is 3.78. The number of nitrogens with zero attached hydrogens (tertiary/aromatic N) is 2. The monoisotopic (exact) mass is 594 g/mol. The summed E-state index contributed by atoms with van der Waals surface area (Å²) in [5.41, 5.74) is 2.43. The lowest BCUT2D eigenvalue weighted by atomic mass is 9.96. The van der Waals surface area contributed by atoms with Crippen molar-refractivity contribution < 1.29 is 13.9 Å². The van der Waals surface area contributed by atoms with E-state index in [-0.39, 0.29) is 12.2 Å². The predicted octanol–water partition coefficient (Wildman–Crippen LogP) is 5.54. The smallest absolute Gasteiger partial charge is 0.338 e. The third-order valence-electron chi connectivity index (χ3n) is 5.98. The number of thiazole rings is 1. The number of carbonyl (C=O) groups is 1. The number of esters is 1. The average Bonchev–Trinajstić information content (AvgIpc) is 3.48. The zero-order valence-corrected chi connectivity index (χ0v) is 23.6. The minimum atomic E-state index is -0.636. The van der Waals surface area contributed by atoms with Crippen LogP contribution in [-0.4, -0.2) is 23.4 Å². The molecule has 0 unspecified atom stereocenters. The second kappa shape index (κ2) is 10.7. The van der Waals surface area contributed by atoms with Crippen molar-refractivity contribution in [1.29, 1.82) is 0 Å². The summed E-state index contributed by atoms with van der Waals surface area (Å²) in [7, 11) is 0. The third kappa shape index (κ3) is 5.03. The standard InChI is InChI=1S/C28H23BrN2O4S2/c1-4-34-27(33)24-16(2)30-28-31(25(24)18-7-12-21(36-3)13-8-18)26(32)23(37-28)15-20-11-14-22(35-20)17-5-9-19(29)10-6-17/h5-15,25H,4H2,1-3H3/b23-15-/t25-/m0/s1. The Balaban J connectivity index is 1.62. The second-order valence-electron chi connectivity index (χ2n) is 8.28. The van der Waals surface area contributed by atoms with Crippen molar-refractivity contribution in [2.45, 2.75) is 24.8 Å².